The van der Waals surface area contributed by atoms with Crippen LogP contribution >= 0.6 is 0 Å². The van der Waals surface area contributed by atoms with Crippen LogP contribution in [0.2, 0.25) is 0 Å². The molecule has 0 aromatic heterocycles. The number of carbonyl (C=O) groups excluding carboxylic acids is 1. The molecule has 0 unspecified atom stereocenters. The van der Waals surface area contributed by atoms with Gasteiger partial charge in [0.1, 0.15) is 0 Å². The number of fused-ring (bicyclic) bond motifs is 1. The molecule has 2 aliphatic heterocycles. The van der Waals surface area contributed by atoms with Crippen molar-refractivity contribution in [2.24, 2.45) is 5.92 Å². The average Bonchev–Trinajstić information content (AvgIpc) is 2.83. The Morgan fingerprint density at radius 1 is 1.09 bits per heavy atom. The molecule has 172 valence electrons. The molecule has 2 aromatic rings. The highest BCUT2D eigenvalue weighted by molar-refractivity contribution is 5.95. The molecular weight excluding hydrogens is 400 g/mol. The van der Waals surface area contributed by atoms with Crippen molar-refractivity contribution in [3.8, 4) is 0 Å². The van der Waals surface area contributed by atoms with Crippen LogP contribution < -0.4 is 4.90 Å². The van der Waals surface area contributed by atoms with E-state index in [1.165, 1.54) is 11.1 Å². The quantitative estimate of drug-likeness (QED) is 0.702. The van der Waals surface area contributed by atoms with E-state index in [4.69, 9.17) is 4.74 Å². The lowest BCUT2D eigenvalue weighted by molar-refractivity contribution is -0.121. The van der Waals surface area contributed by atoms with Gasteiger partial charge >= 0.3 is 0 Å². The Labute approximate surface area is 192 Å². The second kappa shape index (κ2) is 10.6. The Bertz CT molecular complexity index is 891. The molecule has 1 amide bonds. The van der Waals surface area contributed by atoms with Crippen LogP contribution in [0.3, 0.4) is 0 Å². The Morgan fingerprint density at radius 2 is 1.84 bits per heavy atom. The first-order chi connectivity index (χ1) is 15.5. The molecule has 0 radical (unpaired) electrons. The number of carbonyl (C=O) groups is 1. The van der Waals surface area contributed by atoms with E-state index in [2.05, 4.69) is 23.1 Å². The lowest BCUT2D eigenvalue weighted by atomic mass is 9.96. The van der Waals surface area contributed by atoms with Gasteiger partial charge in [-0.15, -0.1) is 0 Å². The van der Waals surface area contributed by atoms with Crippen LogP contribution in [-0.2, 0) is 22.6 Å². The predicted octanol–water partition coefficient (Wildman–Crippen LogP) is 4.34. The van der Waals surface area contributed by atoms with Gasteiger partial charge in [0.05, 0.1) is 18.8 Å². The van der Waals surface area contributed by atoms with Crippen molar-refractivity contribution in [3.05, 3.63) is 65.2 Å². The average molecular weight is 437 g/mol. The molecule has 1 N–H and O–H groups in total. The standard InChI is InChI=1S/C27H36N2O3/c1-20(2)27(31)29-14-6-9-22-17-23(10-11-25(22)29)26(30)18-28-15-12-24(13-16-28)32-19-21-7-4-3-5-8-21/h3-5,7-8,10-11,17,20,24,26,30H,6,9,12-16,18-19H2,1-2H3/t26-/m0/s1. The van der Waals surface area contributed by atoms with Crippen molar-refractivity contribution in [3.63, 3.8) is 0 Å². The second-order valence-electron chi connectivity index (χ2n) is 9.45. The number of piperidine rings is 1. The number of ether oxygens (including phenoxy) is 1. The Morgan fingerprint density at radius 3 is 2.56 bits per heavy atom. The van der Waals surface area contributed by atoms with E-state index in [0.717, 1.165) is 56.6 Å². The summed E-state index contributed by atoms with van der Waals surface area (Å²) in [5.41, 5.74) is 4.36. The number of β-amino-alcohol motifs (C(OH)–C–C–N with tert-alkyl or cyclic N) is 1. The van der Waals surface area contributed by atoms with E-state index in [1.807, 2.05) is 49.1 Å². The summed E-state index contributed by atoms with van der Waals surface area (Å²) in [7, 11) is 0. The fourth-order valence-electron chi connectivity index (χ4n) is 4.76. The number of likely N-dealkylation sites (tertiary alicyclic amines) is 1. The van der Waals surface area contributed by atoms with E-state index in [1.54, 1.807) is 0 Å². The van der Waals surface area contributed by atoms with E-state index in [-0.39, 0.29) is 17.9 Å². The zero-order chi connectivity index (χ0) is 22.5. The minimum atomic E-state index is -0.515. The van der Waals surface area contributed by atoms with Gasteiger partial charge in [-0.25, -0.2) is 0 Å². The molecule has 2 heterocycles. The van der Waals surface area contributed by atoms with Gasteiger partial charge in [-0.3, -0.25) is 4.79 Å². The number of aliphatic hydroxyl groups is 1. The van der Waals surface area contributed by atoms with E-state index >= 15 is 0 Å². The highest BCUT2D eigenvalue weighted by Gasteiger charge is 2.26. The van der Waals surface area contributed by atoms with Gasteiger partial charge in [-0.1, -0.05) is 56.3 Å². The first-order valence-electron chi connectivity index (χ1n) is 12.0. The molecule has 32 heavy (non-hydrogen) atoms. The van der Waals surface area contributed by atoms with Gasteiger partial charge in [0.15, 0.2) is 0 Å². The largest absolute Gasteiger partial charge is 0.387 e. The number of anilines is 1. The summed E-state index contributed by atoms with van der Waals surface area (Å²) in [6.07, 6.45) is 3.70. The van der Waals surface area contributed by atoms with Crippen molar-refractivity contribution in [2.75, 3.05) is 31.1 Å². The highest BCUT2D eigenvalue weighted by Crippen LogP contribution is 2.31. The molecule has 2 aliphatic rings. The van der Waals surface area contributed by atoms with Crippen molar-refractivity contribution in [1.82, 2.24) is 4.90 Å². The first kappa shape index (κ1) is 23.0. The third-order valence-corrected chi connectivity index (χ3v) is 6.66. The molecule has 5 heteroatoms. The predicted molar refractivity (Wildman–Crippen MR) is 128 cm³/mol. The molecular formula is C27H36N2O3. The minimum absolute atomic E-state index is 0.00850. The third kappa shape index (κ3) is 5.58. The molecule has 0 spiro atoms. The van der Waals surface area contributed by atoms with Gasteiger partial charge in [0.25, 0.3) is 0 Å². The number of amides is 1. The highest BCUT2D eigenvalue weighted by atomic mass is 16.5. The molecule has 0 saturated carbocycles. The van der Waals surface area contributed by atoms with Crippen molar-refractivity contribution >= 4 is 11.6 Å². The molecule has 2 aromatic carbocycles. The maximum absolute atomic E-state index is 12.6. The number of benzene rings is 2. The number of hydrogen-bond donors (Lipinski definition) is 1. The minimum Gasteiger partial charge on any atom is -0.387 e. The monoisotopic (exact) mass is 436 g/mol. The molecule has 0 bridgehead atoms. The number of nitrogens with zero attached hydrogens (tertiary/aromatic N) is 2. The normalized spacial score (nSPS) is 18.6. The van der Waals surface area contributed by atoms with Crippen LogP contribution in [0.4, 0.5) is 5.69 Å². The maximum atomic E-state index is 12.6. The van der Waals surface area contributed by atoms with Crippen LogP contribution in [0.1, 0.15) is 55.9 Å². The number of aryl methyl sites for hydroxylation is 1. The zero-order valence-electron chi connectivity index (χ0n) is 19.4. The van der Waals surface area contributed by atoms with E-state index in [0.29, 0.717) is 13.2 Å². The van der Waals surface area contributed by atoms with Crippen LogP contribution in [-0.4, -0.2) is 48.2 Å². The third-order valence-electron chi connectivity index (χ3n) is 6.66. The lowest BCUT2D eigenvalue weighted by Gasteiger charge is -2.34. The van der Waals surface area contributed by atoms with Gasteiger partial charge in [-0.05, 0) is 48.4 Å². The maximum Gasteiger partial charge on any atom is 0.229 e. The summed E-state index contributed by atoms with van der Waals surface area (Å²) < 4.78 is 6.09. The summed E-state index contributed by atoms with van der Waals surface area (Å²) in [5.74, 6) is 0.169. The Kier molecular flexibility index (Phi) is 7.61. The first-order valence-corrected chi connectivity index (χ1v) is 12.0. The molecule has 1 saturated heterocycles. The van der Waals surface area contributed by atoms with Gasteiger partial charge < -0.3 is 19.6 Å². The number of aliphatic hydroxyl groups excluding tert-OH is 1. The Balaban J connectivity index is 1.29. The molecule has 4 rings (SSSR count). The zero-order valence-corrected chi connectivity index (χ0v) is 19.4. The SMILES string of the molecule is CC(C)C(=O)N1CCCc2cc([C@@H](O)CN3CCC(OCc4ccccc4)CC3)ccc21. The topological polar surface area (TPSA) is 53.0 Å². The summed E-state index contributed by atoms with van der Waals surface area (Å²) >= 11 is 0. The van der Waals surface area contributed by atoms with Crippen LogP contribution in [0, 0.1) is 5.92 Å². The van der Waals surface area contributed by atoms with Crippen LogP contribution in [0.5, 0.6) is 0 Å². The van der Waals surface area contributed by atoms with E-state index in [9.17, 15) is 9.90 Å². The fourth-order valence-corrected chi connectivity index (χ4v) is 4.76. The van der Waals surface area contributed by atoms with Crippen molar-refractivity contribution in [2.45, 2.75) is 58.3 Å². The smallest absolute Gasteiger partial charge is 0.229 e. The summed E-state index contributed by atoms with van der Waals surface area (Å²) in [6.45, 7) is 7.87. The second-order valence-corrected chi connectivity index (χ2v) is 9.45. The van der Waals surface area contributed by atoms with Crippen molar-refractivity contribution < 1.29 is 14.6 Å². The summed E-state index contributed by atoms with van der Waals surface area (Å²) in [5, 5.41) is 10.9. The van der Waals surface area contributed by atoms with Gasteiger partial charge in [0.2, 0.25) is 5.91 Å². The van der Waals surface area contributed by atoms with Crippen molar-refractivity contribution in [1.29, 1.82) is 0 Å². The summed E-state index contributed by atoms with van der Waals surface area (Å²) in [6, 6.07) is 16.4. The molecule has 1 fully saturated rings. The lowest BCUT2D eigenvalue weighted by Crippen LogP contribution is -2.39. The number of hydrogen-bond acceptors (Lipinski definition) is 4. The molecule has 1 atom stereocenters. The van der Waals surface area contributed by atoms with Crippen LogP contribution in [0.25, 0.3) is 0 Å². The fraction of sp³-hybridized carbons (Fsp3) is 0.519. The molecule has 0 aliphatic carbocycles. The van der Waals surface area contributed by atoms with E-state index < -0.39 is 6.10 Å². The molecule has 5 nitrogen and oxygen atoms in total. The summed E-state index contributed by atoms with van der Waals surface area (Å²) in [4.78, 5) is 16.8. The van der Waals surface area contributed by atoms with Gasteiger partial charge in [0, 0.05) is 37.8 Å². The van der Waals surface area contributed by atoms with Crippen LogP contribution in [0.15, 0.2) is 48.5 Å². The Hall–Kier alpha value is -2.21. The van der Waals surface area contributed by atoms with Gasteiger partial charge in [-0.2, -0.15) is 0 Å². The number of rotatable bonds is 7.